The van der Waals surface area contributed by atoms with Crippen molar-refractivity contribution >= 4 is 27.3 Å². The third-order valence-electron chi connectivity index (χ3n) is 3.81. The standard InChI is InChI=1S/C17H29N3O3S/c1-5-8-13-18-17(21)14-20(24(4,22)23)16-11-9-15(10-12-16)19(6-2)7-3/h9-12H,5-8,13-14H2,1-4H3,(H,18,21). The molecule has 0 fully saturated rings. The molecule has 0 aliphatic rings. The number of carbonyl (C=O) groups is 1. The third-order valence-corrected chi connectivity index (χ3v) is 4.95. The molecule has 0 atom stereocenters. The van der Waals surface area contributed by atoms with Crippen LogP contribution < -0.4 is 14.5 Å². The van der Waals surface area contributed by atoms with Gasteiger partial charge in [-0.05, 0) is 44.5 Å². The summed E-state index contributed by atoms with van der Waals surface area (Å²) in [6.45, 7) is 8.30. The van der Waals surface area contributed by atoms with Crippen molar-refractivity contribution in [3.8, 4) is 0 Å². The second-order valence-electron chi connectivity index (χ2n) is 5.66. The van der Waals surface area contributed by atoms with Crippen molar-refractivity contribution in [1.82, 2.24) is 5.32 Å². The lowest BCUT2D eigenvalue weighted by Gasteiger charge is -2.24. The molecule has 0 aliphatic carbocycles. The van der Waals surface area contributed by atoms with E-state index in [4.69, 9.17) is 0 Å². The molecule has 24 heavy (non-hydrogen) atoms. The molecule has 0 aliphatic heterocycles. The summed E-state index contributed by atoms with van der Waals surface area (Å²) in [6, 6.07) is 7.26. The Bertz CT molecular complexity index is 610. The van der Waals surface area contributed by atoms with Crippen LogP contribution in [-0.2, 0) is 14.8 Å². The number of nitrogens with one attached hydrogen (secondary N) is 1. The number of amides is 1. The fraction of sp³-hybridized carbons (Fsp3) is 0.588. The zero-order chi connectivity index (χ0) is 18.2. The quantitative estimate of drug-likeness (QED) is 0.653. The van der Waals surface area contributed by atoms with Gasteiger partial charge < -0.3 is 10.2 Å². The van der Waals surface area contributed by atoms with Gasteiger partial charge in [0.15, 0.2) is 0 Å². The van der Waals surface area contributed by atoms with Crippen LogP contribution in [0, 0.1) is 0 Å². The summed E-state index contributed by atoms with van der Waals surface area (Å²) in [5, 5.41) is 2.75. The molecule has 0 radical (unpaired) electrons. The molecule has 1 amide bonds. The summed E-state index contributed by atoms with van der Waals surface area (Å²) in [5.41, 5.74) is 1.53. The van der Waals surface area contributed by atoms with Crippen molar-refractivity contribution in [2.75, 3.05) is 41.6 Å². The summed E-state index contributed by atoms with van der Waals surface area (Å²) in [5.74, 6) is -0.290. The maximum Gasteiger partial charge on any atom is 0.240 e. The molecule has 0 saturated carbocycles. The normalized spacial score (nSPS) is 11.2. The van der Waals surface area contributed by atoms with Gasteiger partial charge in [-0.2, -0.15) is 0 Å². The van der Waals surface area contributed by atoms with Crippen molar-refractivity contribution in [2.24, 2.45) is 0 Å². The summed E-state index contributed by atoms with van der Waals surface area (Å²) in [7, 11) is -3.53. The fourth-order valence-electron chi connectivity index (χ4n) is 2.41. The van der Waals surface area contributed by atoms with Crippen molar-refractivity contribution in [2.45, 2.75) is 33.6 Å². The number of hydrogen-bond acceptors (Lipinski definition) is 4. The Balaban J connectivity index is 2.91. The minimum absolute atomic E-state index is 0.201. The topological polar surface area (TPSA) is 69.7 Å². The second-order valence-corrected chi connectivity index (χ2v) is 7.57. The zero-order valence-electron chi connectivity index (χ0n) is 15.1. The monoisotopic (exact) mass is 355 g/mol. The Morgan fingerprint density at radius 3 is 2.04 bits per heavy atom. The molecule has 0 saturated heterocycles. The number of sulfonamides is 1. The van der Waals surface area contributed by atoms with E-state index in [9.17, 15) is 13.2 Å². The Hall–Kier alpha value is -1.76. The van der Waals surface area contributed by atoms with E-state index in [0.717, 1.165) is 42.2 Å². The summed E-state index contributed by atoms with van der Waals surface area (Å²) in [4.78, 5) is 14.2. The van der Waals surface area contributed by atoms with E-state index < -0.39 is 10.0 Å². The molecule has 136 valence electrons. The van der Waals surface area contributed by atoms with E-state index in [1.54, 1.807) is 12.1 Å². The third kappa shape index (κ3) is 6.03. The van der Waals surface area contributed by atoms with Crippen LogP contribution in [0.15, 0.2) is 24.3 Å². The Labute approximate surface area is 145 Å². The van der Waals surface area contributed by atoms with Crippen LogP contribution in [0.5, 0.6) is 0 Å². The van der Waals surface area contributed by atoms with Crippen LogP contribution in [0.1, 0.15) is 33.6 Å². The van der Waals surface area contributed by atoms with Gasteiger partial charge in [0.1, 0.15) is 6.54 Å². The molecule has 0 spiro atoms. The lowest BCUT2D eigenvalue weighted by molar-refractivity contribution is -0.119. The van der Waals surface area contributed by atoms with Crippen LogP contribution >= 0.6 is 0 Å². The predicted molar refractivity (Wildman–Crippen MR) is 100 cm³/mol. The zero-order valence-corrected chi connectivity index (χ0v) is 15.9. The SMILES string of the molecule is CCCCNC(=O)CN(c1ccc(N(CC)CC)cc1)S(C)(=O)=O. The van der Waals surface area contributed by atoms with Crippen LogP contribution in [0.4, 0.5) is 11.4 Å². The molecule has 1 aromatic rings. The number of benzene rings is 1. The van der Waals surface area contributed by atoms with Crippen molar-refractivity contribution in [3.05, 3.63) is 24.3 Å². The smallest absolute Gasteiger partial charge is 0.240 e. The highest BCUT2D eigenvalue weighted by molar-refractivity contribution is 7.92. The molecule has 0 bridgehead atoms. The number of carbonyl (C=O) groups excluding carboxylic acids is 1. The van der Waals surface area contributed by atoms with Gasteiger partial charge in [-0.1, -0.05) is 13.3 Å². The molecule has 0 aromatic heterocycles. The first-order valence-electron chi connectivity index (χ1n) is 8.42. The van der Waals surface area contributed by atoms with Crippen molar-refractivity contribution in [3.63, 3.8) is 0 Å². The van der Waals surface area contributed by atoms with Gasteiger partial charge in [-0.25, -0.2) is 8.42 Å². The van der Waals surface area contributed by atoms with E-state index in [1.807, 2.05) is 19.1 Å². The number of anilines is 2. The maximum absolute atomic E-state index is 12.1. The van der Waals surface area contributed by atoms with Gasteiger partial charge in [-0.15, -0.1) is 0 Å². The minimum Gasteiger partial charge on any atom is -0.372 e. The van der Waals surface area contributed by atoms with Gasteiger partial charge in [0.25, 0.3) is 0 Å². The fourth-order valence-corrected chi connectivity index (χ4v) is 3.27. The first-order chi connectivity index (χ1) is 11.3. The van der Waals surface area contributed by atoms with Crippen LogP contribution in [0.2, 0.25) is 0 Å². The van der Waals surface area contributed by atoms with E-state index in [1.165, 1.54) is 0 Å². The lowest BCUT2D eigenvalue weighted by Crippen LogP contribution is -2.40. The molecule has 7 heteroatoms. The molecule has 1 aromatic carbocycles. The molecule has 1 rings (SSSR count). The van der Waals surface area contributed by atoms with E-state index in [-0.39, 0.29) is 12.5 Å². The molecular weight excluding hydrogens is 326 g/mol. The Morgan fingerprint density at radius 2 is 1.58 bits per heavy atom. The average Bonchev–Trinajstić information content (AvgIpc) is 2.54. The first kappa shape index (κ1) is 20.3. The number of nitrogens with zero attached hydrogens (tertiary/aromatic N) is 2. The Morgan fingerprint density at radius 1 is 1.04 bits per heavy atom. The van der Waals surface area contributed by atoms with Gasteiger partial charge in [0, 0.05) is 25.3 Å². The van der Waals surface area contributed by atoms with Gasteiger partial charge in [-0.3, -0.25) is 9.10 Å². The first-order valence-corrected chi connectivity index (χ1v) is 10.3. The average molecular weight is 356 g/mol. The van der Waals surface area contributed by atoms with Gasteiger partial charge >= 0.3 is 0 Å². The second kappa shape index (κ2) is 9.52. The summed E-state index contributed by atoms with van der Waals surface area (Å²) in [6.07, 6.45) is 2.97. The molecule has 0 unspecified atom stereocenters. The lowest BCUT2D eigenvalue weighted by atomic mass is 10.2. The van der Waals surface area contributed by atoms with Crippen molar-refractivity contribution < 1.29 is 13.2 Å². The van der Waals surface area contributed by atoms with Gasteiger partial charge in [0.2, 0.25) is 15.9 Å². The highest BCUT2D eigenvalue weighted by Gasteiger charge is 2.20. The van der Waals surface area contributed by atoms with E-state index in [2.05, 4.69) is 24.1 Å². The van der Waals surface area contributed by atoms with Crippen molar-refractivity contribution in [1.29, 1.82) is 0 Å². The highest BCUT2D eigenvalue weighted by atomic mass is 32.2. The van der Waals surface area contributed by atoms with Crippen LogP contribution in [0.25, 0.3) is 0 Å². The Kier molecular flexibility index (Phi) is 8.04. The van der Waals surface area contributed by atoms with E-state index >= 15 is 0 Å². The molecule has 6 nitrogen and oxygen atoms in total. The number of rotatable bonds is 10. The highest BCUT2D eigenvalue weighted by Crippen LogP contribution is 2.22. The van der Waals surface area contributed by atoms with E-state index in [0.29, 0.717) is 12.2 Å². The van der Waals surface area contributed by atoms with Gasteiger partial charge in [0.05, 0.1) is 11.9 Å². The molecule has 1 N–H and O–H groups in total. The number of hydrogen-bond donors (Lipinski definition) is 1. The van der Waals surface area contributed by atoms with Crippen LogP contribution in [-0.4, -0.2) is 46.8 Å². The molecule has 0 heterocycles. The largest absolute Gasteiger partial charge is 0.372 e. The summed E-state index contributed by atoms with van der Waals surface area (Å²) >= 11 is 0. The summed E-state index contributed by atoms with van der Waals surface area (Å²) < 4.78 is 25.3. The van der Waals surface area contributed by atoms with Crippen LogP contribution in [0.3, 0.4) is 0 Å². The number of unbranched alkanes of at least 4 members (excludes halogenated alkanes) is 1. The molecular formula is C17H29N3O3S. The maximum atomic E-state index is 12.1. The predicted octanol–water partition coefficient (Wildman–Crippen LogP) is 2.22. The minimum atomic E-state index is -3.53.